The zero-order chi connectivity index (χ0) is 15.8. The maximum atomic E-state index is 12.3. The average Bonchev–Trinajstić information content (AvgIpc) is 2.54. The van der Waals surface area contributed by atoms with Crippen LogP contribution in [-0.2, 0) is 6.42 Å². The first-order valence-electron chi connectivity index (χ1n) is 7.46. The van der Waals surface area contributed by atoms with Gasteiger partial charge in [0.2, 0.25) is 0 Å². The molecule has 2 rings (SSSR count). The number of carbonyl (C=O) groups is 1. The Morgan fingerprint density at radius 1 is 1.05 bits per heavy atom. The van der Waals surface area contributed by atoms with Crippen LogP contribution in [0.5, 0.6) is 0 Å². The third kappa shape index (κ3) is 4.90. The summed E-state index contributed by atoms with van der Waals surface area (Å²) < 4.78 is 0. The summed E-state index contributed by atoms with van der Waals surface area (Å²) in [5, 5.41) is 12.0. The number of anilines is 1. The second kappa shape index (κ2) is 8.20. The van der Waals surface area contributed by atoms with Crippen molar-refractivity contribution >= 4 is 11.7 Å². The monoisotopic (exact) mass is 298 g/mol. The van der Waals surface area contributed by atoms with Crippen molar-refractivity contribution in [1.29, 1.82) is 0 Å². The summed E-state index contributed by atoms with van der Waals surface area (Å²) in [5.41, 5.74) is 3.08. The molecule has 116 valence electrons. The lowest BCUT2D eigenvalue weighted by molar-refractivity contribution is 0.189. The van der Waals surface area contributed by atoms with Crippen molar-refractivity contribution in [2.75, 3.05) is 25.0 Å². The van der Waals surface area contributed by atoms with Crippen LogP contribution in [0.25, 0.3) is 0 Å². The number of urea groups is 1. The van der Waals surface area contributed by atoms with Gasteiger partial charge in [-0.2, -0.15) is 0 Å². The van der Waals surface area contributed by atoms with Gasteiger partial charge in [-0.05, 0) is 31.0 Å². The summed E-state index contributed by atoms with van der Waals surface area (Å²) in [4.78, 5) is 13.9. The van der Waals surface area contributed by atoms with Crippen molar-refractivity contribution in [3.63, 3.8) is 0 Å². The highest BCUT2D eigenvalue weighted by Gasteiger charge is 2.13. The van der Waals surface area contributed by atoms with E-state index in [2.05, 4.69) is 5.32 Å². The standard InChI is InChI=1S/C18H22N2O2/c1-15-7-9-17(10-8-15)19-18(22)20(13-14-21)12-11-16-5-3-2-4-6-16/h2-10,21H,11-14H2,1H3,(H,19,22). The number of hydrogen-bond donors (Lipinski definition) is 2. The van der Waals surface area contributed by atoms with Crippen molar-refractivity contribution in [2.45, 2.75) is 13.3 Å². The fourth-order valence-electron chi connectivity index (χ4n) is 2.18. The van der Waals surface area contributed by atoms with Gasteiger partial charge >= 0.3 is 6.03 Å². The number of benzene rings is 2. The maximum Gasteiger partial charge on any atom is 0.321 e. The molecule has 4 heteroatoms. The van der Waals surface area contributed by atoms with E-state index in [1.54, 1.807) is 4.90 Å². The van der Waals surface area contributed by atoms with Gasteiger partial charge in [0.15, 0.2) is 0 Å². The smallest absolute Gasteiger partial charge is 0.321 e. The number of aliphatic hydroxyl groups excluding tert-OH is 1. The zero-order valence-corrected chi connectivity index (χ0v) is 12.8. The molecule has 0 aliphatic heterocycles. The van der Waals surface area contributed by atoms with E-state index in [9.17, 15) is 4.79 Å². The minimum atomic E-state index is -0.186. The molecule has 0 bridgehead atoms. The van der Waals surface area contributed by atoms with Crippen LogP contribution < -0.4 is 5.32 Å². The van der Waals surface area contributed by atoms with Crippen molar-refractivity contribution in [3.05, 3.63) is 65.7 Å². The molecule has 0 saturated carbocycles. The van der Waals surface area contributed by atoms with E-state index in [1.165, 1.54) is 5.56 Å². The van der Waals surface area contributed by atoms with E-state index in [-0.39, 0.29) is 12.6 Å². The Morgan fingerprint density at radius 3 is 2.36 bits per heavy atom. The molecule has 4 nitrogen and oxygen atoms in total. The Bertz CT molecular complexity index is 582. The van der Waals surface area contributed by atoms with Gasteiger partial charge in [-0.25, -0.2) is 4.79 Å². The number of carbonyl (C=O) groups excluding carboxylic acids is 1. The highest BCUT2D eigenvalue weighted by molar-refractivity contribution is 5.89. The van der Waals surface area contributed by atoms with Gasteiger partial charge in [0.1, 0.15) is 0 Å². The van der Waals surface area contributed by atoms with Crippen molar-refractivity contribution < 1.29 is 9.90 Å². The predicted octanol–water partition coefficient (Wildman–Crippen LogP) is 3.06. The van der Waals surface area contributed by atoms with Crippen LogP contribution in [0.2, 0.25) is 0 Å². The van der Waals surface area contributed by atoms with Crippen molar-refractivity contribution in [3.8, 4) is 0 Å². The molecule has 22 heavy (non-hydrogen) atoms. The predicted molar refractivity (Wildman–Crippen MR) is 89.0 cm³/mol. The van der Waals surface area contributed by atoms with Crippen LogP contribution in [0.3, 0.4) is 0 Å². The number of hydrogen-bond acceptors (Lipinski definition) is 2. The van der Waals surface area contributed by atoms with E-state index in [1.807, 2.05) is 61.5 Å². The lowest BCUT2D eigenvalue weighted by atomic mass is 10.1. The highest BCUT2D eigenvalue weighted by atomic mass is 16.3. The van der Waals surface area contributed by atoms with Crippen LogP contribution >= 0.6 is 0 Å². The van der Waals surface area contributed by atoms with Gasteiger partial charge < -0.3 is 15.3 Å². The maximum absolute atomic E-state index is 12.3. The molecule has 2 N–H and O–H groups in total. The Balaban J connectivity index is 1.94. The lowest BCUT2D eigenvalue weighted by Gasteiger charge is -2.22. The number of rotatable bonds is 6. The molecule has 2 amide bonds. The lowest BCUT2D eigenvalue weighted by Crippen LogP contribution is -2.38. The Labute approximate surface area is 131 Å². The molecular weight excluding hydrogens is 276 g/mol. The summed E-state index contributed by atoms with van der Waals surface area (Å²) in [6.07, 6.45) is 0.766. The molecule has 2 aromatic carbocycles. The Kier molecular flexibility index (Phi) is 5.98. The van der Waals surface area contributed by atoms with Crippen LogP contribution in [0.4, 0.5) is 10.5 Å². The largest absolute Gasteiger partial charge is 0.395 e. The molecule has 0 atom stereocenters. The SMILES string of the molecule is Cc1ccc(NC(=O)N(CCO)CCc2ccccc2)cc1. The molecule has 0 aliphatic carbocycles. The zero-order valence-electron chi connectivity index (χ0n) is 12.8. The van der Waals surface area contributed by atoms with Gasteiger partial charge in [0.25, 0.3) is 0 Å². The molecule has 0 unspecified atom stereocenters. The normalized spacial score (nSPS) is 10.3. The van der Waals surface area contributed by atoms with Crippen LogP contribution in [0.15, 0.2) is 54.6 Å². The Hall–Kier alpha value is -2.33. The van der Waals surface area contributed by atoms with Crippen LogP contribution in [0, 0.1) is 6.92 Å². The fourth-order valence-corrected chi connectivity index (χ4v) is 2.18. The Morgan fingerprint density at radius 2 is 1.73 bits per heavy atom. The van der Waals surface area contributed by atoms with Gasteiger partial charge in [-0.1, -0.05) is 48.0 Å². The van der Waals surface area contributed by atoms with Crippen molar-refractivity contribution in [1.82, 2.24) is 4.90 Å². The number of aryl methyl sites for hydroxylation is 1. The van der Waals surface area contributed by atoms with Gasteiger partial charge in [0, 0.05) is 18.8 Å². The minimum absolute atomic E-state index is 0.0455. The first-order valence-corrected chi connectivity index (χ1v) is 7.46. The van der Waals surface area contributed by atoms with Crippen molar-refractivity contribution in [2.24, 2.45) is 0 Å². The van der Waals surface area contributed by atoms with Gasteiger partial charge in [0.05, 0.1) is 6.61 Å². The first-order chi connectivity index (χ1) is 10.7. The summed E-state index contributed by atoms with van der Waals surface area (Å²) in [6.45, 7) is 2.85. The summed E-state index contributed by atoms with van der Waals surface area (Å²) >= 11 is 0. The van der Waals surface area contributed by atoms with Gasteiger partial charge in [-0.3, -0.25) is 0 Å². The summed E-state index contributed by atoms with van der Waals surface area (Å²) in [6, 6.07) is 17.5. The van der Waals surface area contributed by atoms with E-state index < -0.39 is 0 Å². The van der Waals surface area contributed by atoms with E-state index in [0.717, 1.165) is 17.7 Å². The molecule has 0 fully saturated rings. The topological polar surface area (TPSA) is 52.6 Å². The number of nitrogens with zero attached hydrogens (tertiary/aromatic N) is 1. The number of aliphatic hydroxyl groups is 1. The fraction of sp³-hybridized carbons (Fsp3) is 0.278. The third-order valence-electron chi connectivity index (χ3n) is 3.47. The molecule has 0 spiro atoms. The molecule has 0 saturated heterocycles. The highest BCUT2D eigenvalue weighted by Crippen LogP contribution is 2.10. The third-order valence-corrected chi connectivity index (χ3v) is 3.47. The van der Waals surface area contributed by atoms with E-state index >= 15 is 0 Å². The van der Waals surface area contributed by atoms with Crippen LogP contribution in [-0.4, -0.2) is 35.7 Å². The molecule has 0 radical (unpaired) electrons. The molecule has 0 heterocycles. The average molecular weight is 298 g/mol. The quantitative estimate of drug-likeness (QED) is 0.861. The minimum Gasteiger partial charge on any atom is -0.395 e. The van der Waals surface area contributed by atoms with E-state index in [0.29, 0.717) is 13.1 Å². The molecule has 0 aromatic heterocycles. The van der Waals surface area contributed by atoms with Gasteiger partial charge in [-0.15, -0.1) is 0 Å². The molecule has 0 aliphatic rings. The number of amides is 2. The first kappa shape index (κ1) is 16.0. The van der Waals surface area contributed by atoms with E-state index in [4.69, 9.17) is 5.11 Å². The van der Waals surface area contributed by atoms with Crippen LogP contribution in [0.1, 0.15) is 11.1 Å². The second-order valence-corrected chi connectivity index (χ2v) is 5.24. The molecule has 2 aromatic rings. The summed E-state index contributed by atoms with van der Waals surface area (Å²) in [5.74, 6) is 0. The molecular formula is C18H22N2O2. The number of nitrogens with one attached hydrogen (secondary N) is 1. The second-order valence-electron chi connectivity index (χ2n) is 5.24. The summed E-state index contributed by atoms with van der Waals surface area (Å²) in [7, 11) is 0.